The van der Waals surface area contributed by atoms with Gasteiger partial charge in [0.05, 0.1) is 36.8 Å². The molecule has 0 aliphatic heterocycles. The Hall–Kier alpha value is -4.01. The van der Waals surface area contributed by atoms with Gasteiger partial charge in [-0.25, -0.2) is 10.1 Å². The number of benzene rings is 2. The van der Waals surface area contributed by atoms with Gasteiger partial charge in [-0.05, 0) is 58.4 Å². The van der Waals surface area contributed by atoms with Crippen molar-refractivity contribution >= 4 is 11.6 Å². The van der Waals surface area contributed by atoms with Gasteiger partial charge in [0.2, 0.25) is 5.75 Å². The van der Waals surface area contributed by atoms with Crippen LogP contribution in [0.5, 0.6) is 17.2 Å². The molecule has 0 fully saturated rings. The number of H-pyrrole nitrogens is 1. The van der Waals surface area contributed by atoms with Crippen LogP contribution in [0.2, 0.25) is 0 Å². The predicted molar refractivity (Wildman–Crippen MR) is 140 cm³/mol. The average Bonchev–Trinajstić information content (AvgIpc) is 3.20. The predicted octanol–water partition coefficient (Wildman–Crippen LogP) is 4.47. The highest BCUT2D eigenvalue weighted by Crippen LogP contribution is 2.39. The van der Waals surface area contributed by atoms with Gasteiger partial charge in [-0.2, -0.15) is 5.10 Å². The Kier molecular flexibility index (Phi) is 9.32. The fraction of sp³-hybridized carbons (Fsp3) is 0.370. The van der Waals surface area contributed by atoms with Crippen LogP contribution in [-0.2, 0) is 6.42 Å². The van der Waals surface area contributed by atoms with Crippen LogP contribution in [0.4, 0.5) is 0 Å². The van der Waals surface area contributed by atoms with E-state index in [9.17, 15) is 9.59 Å². The van der Waals surface area contributed by atoms with Gasteiger partial charge < -0.3 is 14.2 Å². The minimum atomic E-state index is -0.463. The minimum Gasteiger partial charge on any atom is -0.490 e. The zero-order chi connectivity index (χ0) is 26.1. The zero-order valence-electron chi connectivity index (χ0n) is 21.5. The summed E-state index contributed by atoms with van der Waals surface area (Å²) in [6.07, 6.45) is 1.51. The van der Waals surface area contributed by atoms with Crippen LogP contribution in [0.1, 0.15) is 62.7 Å². The molecule has 0 saturated carbocycles. The lowest BCUT2D eigenvalue weighted by molar-refractivity contribution is 0.0953. The van der Waals surface area contributed by atoms with Gasteiger partial charge in [0.25, 0.3) is 11.5 Å². The number of aryl methyl sites for hydroxylation is 1. The molecule has 1 amide bonds. The molecule has 1 aromatic heterocycles. The summed E-state index contributed by atoms with van der Waals surface area (Å²) in [5.41, 5.74) is 4.98. The number of hydrazone groups is 1. The van der Waals surface area contributed by atoms with Gasteiger partial charge >= 0.3 is 0 Å². The second kappa shape index (κ2) is 12.6. The quantitative estimate of drug-likeness (QED) is 0.285. The van der Waals surface area contributed by atoms with Gasteiger partial charge in [-0.15, -0.1) is 0 Å². The molecule has 3 rings (SSSR count). The number of amides is 1. The lowest BCUT2D eigenvalue weighted by atomic mass is 10.1. The Morgan fingerprint density at radius 1 is 0.972 bits per heavy atom. The molecular formula is C27H34N4O5. The fourth-order valence-corrected chi connectivity index (χ4v) is 3.82. The van der Waals surface area contributed by atoms with E-state index in [0.29, 0.717) is 60.3 Å². The maximum absolute atomic E-state index is 13.2. The number of aromatic nitrogens is 2. The van der Waals surface area contributed by atoms with Crippen molar-refractivity contribution in [3.63, 3.8) is 0 Å². The van der Waals surface area contributed by atoms with E-state index in [-0.39, 0.29) is 5.56 Å². The summed E-state index contributed by atoms with van der Waals surface area (Å²) in [5.74, 6) is 0.821. The van der Waals surface area contributed by atoms with Crippen LogP contribution < -0.4 is 25.2 Å². The molecule has 0 radical (unpaired) electrons. The lowest BCUT2D eigenvalue weighted by Crippen LogP contribution is -2.23. The summed E-state index contributed by atoms with van der Waals surface area (Å²) >= 11 is 0. The maximum atomic E-state index is 13.2. The van der Waals surface area contributed by atoms with E-state index in [2.05, 4.69) is 15.6 Å². The molecule has 0 aliphatic rings. The van der Waals surface area contributed by atoms with E-state index in [1.165, 1.54) is 4.68 Å². The van der Waals surface area contributed by atoms with Crippen molar-refractivity contribution in [2.24, 2.45) is 5.10 Å². The standard InChI is InChI=1S/C27H34N4O5/c1-6-13-21-24(27(33)31(30-21)20-14-11-10-12-15-20)18(5)28-29-26(32)19-16-22(34-7-2)25(36-9-4)23(17-19)35-8-3/h10-12,14-17,30H,6-9,13H2,1-5H3,(H,29,32). The third kappa shape index (κ3) is 5.97. The number of nitrogens with zero attached hydrogens (tertiary/aromatic N) is 2. The maximum Gasteiger partial charge on any atom is 0.280 e. The minimum absolute atomic E-state index is 0.224. The van der Waals surface area contributed by atoms with Crippen molar-refractivity contribution in [1.82, 2.24) is 15.2 Å². The Morgan fingerprint density at radius 2 is 1.58 bits per heavy atom. The first-order valence-corrected chi connectivity index (χ1v) is 12.3. The van der Waals surface area contributed by atoms with Crippen LogP contribution in [0.15, 0.2) is 52.4 Å². The first-order valence-electron chi connectivity index (χ1n) is 12.3. The van der Waals surface area contributed by atoms with E-state index >= 15 is 0 Å². The Labute approximate surface area is 211 Å². The van der Waals surface area contributed by atoms with Crippen molar-refractivity contribution in [2.75, 3.05) is 19.8 Å². The van der Waals surface area contributed by atoms with E-state index in [1.54, 1.807) is 19.1 Å². The number of carbonyl (C=O) groups excluding carboxylic acids is 1. The first-order chi connectivity index (χ1) is 17.4. The normalized spacial score (nSPS) is 11.3. The van der Waals surface area contributed by atoms with Crippen molar-refractivity contribution < 1.29 is 19.0 Å². The molecule has 3 aromatic rings. The molecule has 0 unspecified atom stereocenters. The van der Waals surface area contributed by atoms with Crippen molar-refractivity contribution in [1.29, 1.82) is 0 Å². The van der Waals surface area contributed by atoms with Crippen molar-refractivity contribution in [2.45, 2.75) is 47.5 Å². The first kappa shape index (κ1) is 26.6. The molecule has 9 heteroatoms. The highest BCUT2D eigenvalue weighted by molar-refractivity contribution is 6.01. The monoisotopic (exact) mass is 494 g/mol. The van der Waals surface area contributed by atoms with Gasteiger partial charge in [0, 0.05) is 11.3 Å². The van der Waals surface area contributed by atoms with E-state index in [0.717, 1.165) is 17.8 Å². The lowest BCUT2D eigenvalue weighted by Gasteiger charge is -2.16. The summed E-state index contributed by atoms with van der Waals surface area (Å²) in [5, 5.41) is 7.45. The number of aromatic amines is 1. The van der Waals surface area contributed by atoms with E-state index < -0.39 is 5.91 Å². The molecule has 0 atom stereocenters. The van der Waals surface area contributed by atoms with Crippen LogP contribution >= 0.6 is 0 Å². The van der Waals surface area contributed by atoms with Gasteiger partial charge in [-0.3, -0.25) is 14.7 Å². The average molecular weight is 495 g/mol. The smallest absolute Gasteiger partial charge is 0.280 e. The van der Waals surface area contributed by atoms with Gasteiger partial charge in [-0.1, -0.05) is 31.5 Å². The van der Waals surface area contributed by atoms with Crippen LogP contribution in [-0.4, -0.2) is 41.2 Å². The number of carbonyl (C=O) groups is 1. The van der Waals surface area contributed by atoms with Gasteiger partial charge in [0.1, 0.15) is 0 Å². The summed E-state index contributed by atoms with van der Waals surface area (Å²) in [6.45, 7) is 10.5. The Balaban J connectivity index is 1.94. The molecule has 0 aliphatic carbocycles. The number of nitrogens with one attached hydrogen (secondary N) is 2. The molecule has 1 heterocycles. The molecular weight excluding hydrogens is 460 g/mol. The van der Waals surface area contributed by atoms with Crippen LogP contribution in [0.25, 0.3) is 5.69 Å². The van der Waals surface area contributed by atoms with E-state index in [1.807, 2.05) is 58.0 Å². The molecule has 192 valence electrons. The van der Waals surface area contributed by atoms with Gasteiger partial charge in [0.15, 0.2) is 11.5 Å². The number of hydrogen-bond acceptors (Lipinski definition) is 6. The zero-order valence-corrected chi connectivity index (χ0v) is 21.5. The topological polar surface area (TPSA) is 107 Å². The number of rotatable bonds is 12. The third-order valence-electron chi connectivity index (χ3n) is 5.34. The molecule has 9 nitrogen and oxygen atoms in total. The number of para-hydroxylation sites is 1. The molecule has 0 saturated heterocycles. The summed E-state index contributed by atoms with van der Waals surface area (Å²) < 4.78 is 18.6. The summed E-state index contributed by atoms with van der Waals surface area (Å²) in [4.78, 5) is 26.3. The second-order valence-electron chi connectivity index (χ2n) is 7.93. The van der Waals surface area contributed by atoms with Crippen molar-refractivity contribution in [3.8, 4) is 22.9 Å². The van der Waals surface area contributed by atoms with E-state index in [4.69, 9.17) is 14.2 Å². The summed E-state index contributed by atoms with van der Waals surface area (Å²) in [6, 6.07) is 12.5. The highest BCUT2D eigenvalue weighted by Gasteiger charge is 2.20. The molecule has 2 aromatic carbocycles. The number of hydrogen-bond donors (Lipinski definition) is 2. The molecule has 0 bridgehead atoms. The Bertz CT molecular complexity index is 1230. The fourth-order valence-electron chi connectivity index (χ4n) is 3.82. The second-order valence-corrected chi connectivity index (χ2v) is 7.93. The molecule has 0 spiro atoms. The van der Waals surface area contributed by atoms with Crippen LogP contribution in [0.3, 0.4) is 0 Å². The largest absolute Gasteiger partial charge is 0.490 e. The molecule has 2 N–H and O–H groups in total. The summed E-state index contributed by atoms with van der Waals surface area (Å²) in [7, 11) is 0. The SMILES string of the molecule is CCCc1[nH]n(-c2ccccc2)c(=O)c1C(C)=NNC(=O)c1cc(OCC)c(OCC)c(OCC)c1. The highest BCUT2D eigenvalue weighted by atomic mass is 16.5. The third-order valence-corrected chi connectivity index (χ3v) is 5.34. The number of ether oxygens (including phenoxy) is 3. The van der Waals surface area contributed by atoms with Crippen molar-refractivity contribution in [3.05, 3.63) is 69.6 Å². The Morgan fingerprint density at radius 3 is 2.14 bits per heavy atom. The van der Waals surface area contributed by atoms with Crippen LogP contribution in [0, 0.1) is 0 Å². The molecule has 36 heavy (non-hydrogen) atoms.